The molecule has 1 saturated heterocycles. The number of amides is 2. The molecule has 0 radical (unpaired) electrons. The molecule has 0 aromatic heterocycles. The van der Waals surface area contributed by atoms with Crippen molar-refractivity contribution in [3.8, 4) is 0 Å². The topological polar surface area (TPSA) is 101 Å². The van der Waals surface area contributed by atoms with E-state index >= 15 is 0 Å². The largest absolute Gasteiger partial charge is 0.480 e. The van der Waals surface area contributed by atoms with Gasteiger partial charge in [-0.15, -0.1) is 0 Å². The van der Waals surface area contributed by atoms with E-state index in [0.717, 1.165) is 4.90 Å². The molecule has 112 valence electrons. The molecular weight excluding hydrogens is 279 g/mol. The molecule has 0 aliphatic carbocycles. The fraction of sp³-hybridized carbons (Fsp3) is 0.357. The van der Waals surface area contributed by atoms with Crippen molar-refractivity contribution in [2.75, 3.05) is 6.54 Å². The van der Waals surface area contributed by atoms with Crippen LogP contribution in [0.3, 0.4) is 0 Å². The lowest BCUT2D eigenvalue weighted by molar-refractivity contribution is -0.148. The lowest BCUT2D eigenvalue weighted by Gasteiger charge is -2.24. The van der Waals surface area contributed by atoms with E-state index in [1.54, 1.807) is 0 Å². The number of carbonyl (C=O) groups excluding carboxylic acids is 2. The van der Waals surface area contributed by atoms with Crippen molar-refractivity contribution in [1.82, 2.24) is 4.90 Å². The fourth-order valence-electron chi connectivity index (χ4n) is 2.40. The van der Waals surface area contributed by atoms with Gasteiger partial charge in [0.05, 0.1) is 5.92 Å². The molecular formula is C14H15FN2O4. The second-order valence-corrected chi connectivity index (χ2v) is 5.03. The van der Waals surface area contributed by atoms with Crippen molar-refractivity contribution in [3.63, 3.8) is 0 Å². The van der Waals surface area contributed by atoms with Crippen LogP contribution in [-0.2, 0) is 20.8 Å². The number of carboxylic acid groups (broad SMARTS) is 1. The highest BCUT2D eigenvalue weighted by Crippen LogP contribution is 2.22. The predicted molar refractivity (Wildman–Crippen MR) is 70.5 cm³/mol. The summed E-state index contributed by atoms with van der Waals surface area (Å²) in [5.41, 5.74) is 5.76. The Hall–Kier alpha value is -2.44. The number of carbonyl (C=O) groups is 3. The van der Waals surface area contributed by atoms with Crippen LogP contribution in [0.4, 0.5) is 4.39 Å². The molecule has 21 heavy (non-hydrogen) atoms. The maximum atomic E-state index is 12.9. The zero-order valence-electron chi connectivity index (χ0n) is 11.2. The van der Waals surface area contributed by atoms with Crippen molar-refractivity contribution >= 4 is 17.8 Å². The number of likely N-dealkylation sites (tertiary alicyclic amines) is 1. The maximum absolute atomic E-state index is 12.9. The van der Waals surface area contributed by atoms with E-state index in [0.29, 0.717) is 5.56 Å². The average Bonchev–Trinajstić information content (AvgIpc) is 2.80. The van der Waals surface area contributed by atoms with E-state index in [9.17, 15) is 23.9 Å². The summed E-state index contributed by atoms with van der Waals surface area (Å²) >= 11 is 0. The van der Waals surface area contributed by atoms with Crippen molar-refractivity contribution in [1.29, 1.82) is 0 Å². The van der Waals surface area contributed by atoms with Gasteiger partial charge in [-0.2, -0.15) is 0 Å². The molecule has 0 saturated carbocycles. The van der Waals surface area contributed by atoms with Gasteiger partial charge in [0, 0.05) is 19.4 Å². The Balaban J connectivity index is 2.16. The predicted octanol–water partition coefficient (Wildman–Crippen LogP) is 0.155. The molecule has 6 nitrogen and oxygen atoms in total. The lowest BCUT2D eigenvalue weighted by atomic mass is 10.0. The molecule has 0 bridgehead atoms. The highest BCUT2D eigenvalue weighted by Gasteiger charge is 2.39. The van der Waals surface area contributed by atoms with Gasteiger partial charge in [0.2, 0.25) is 11.8 Å². The number of benzene rings is 1. The van der Waals surface area contributed by atoms with E-state index in [1.807, 2.05) is 0 Å². The average molecular weight is 294 g/mol. The minimum atomic E-state index is -1.17. The van der Waals surface area contributed by atoms with Crippen LogP contribution in [0, 0.1) is 11.7 Å². The highest BCUT2D eigenvalue weighted by atomic mass is 19.1. The quantitative estimate of drug-likeness (QED) is 0.807. The first-order chi connectivity index (χ1) is 9.88. The first-order valence-corrected chi connectivity index (χ1v) is 6.44. The summed E-state index contributed by atoms with van der Waals surface area (Å²) in [6.07, 6.45) is -0.0185. The molecule has 2 rings (SSSR count). The van der Waals surface area contributed by atoms with Crippen LogP contribution in [0.2, 0.25) is 0 Å². The van der Waals surface area contributed by atoms with Crippen molar-refractivity contribution in [3.05, 3.63) is 35.6 Å². The van der Waals surface area contributed by atoms with Crippen LogP contribution in [0.25, 0.3) is 0 Å². The third kappa shape index (κ3) is 3.36. The summed E-state index contributed by atoms with van der Waals surface area (Å²) < 4.78 is 12.9. The number of hydrogen-bond donors (Lipinski definition) is 2. The number of rotatable bonds is 5. The lowest BCUT2D eigenvalue weighted by Crippen LogP contribution is -2.44. The zero-order valence-corrected chi connectivity index (χ0v) is 11.2. The van der Waals surface area contributed by atoms with Gasteiger partial charge in [-0.25, -0.2) is 9.18 Å². The van der Waals surface area contributed by atoms with Crippen LogP contribution in [0.15, 0.2) is 24.3 Å². The normalized spacial score (nSPS) is 19.6. The Morgan fingerprint density at radius 1 is 1.38 bits per heavy atom. The molecule has 1 heterocycles. The van der Waals surface area contributed by atoms with Gasteiger partial charge in [0.1, 0.15) is 11.9 Å². The Morgan fingerprint density at radius 3 is 2.48 bits per heavy atom. The Kier molecular flexibility index (Phi) is 4.21. The number of carboxylic acids is 1. The number of primary amides is 1. The standard InChI is InChI=1S/C14H15FN2O4/c15-10-3-1-8(2-4-10)5-11(14(20)21)17-7-9(13(16)19)6-12(17)18/h1-4,9,11H,5-7H2,(H2,16,19)(H,20,21). The smallest absolute Gasteiger partial charge is 0.326 e. The van der Waals surface area contributed by atoms with Crippen molar-refractivity contribution in [2.45, 2.75) is 18.9 Å². The first-order valence-electron chi connectivity index (χ1n) is 6.44. The Labute approximate surface area is 120 Å². The number of halogens is 1. The third-order valence-electron chi connectivity index (χ3n) is 3.56. The second-order valence-electron chi connectivity index (χ2n) is 5.03. The van der Waals surface area contributed by atoms with Gasteiger partial charge in [0.25, 0.3) is 0 Å². The number of hydrogen-bond acceptors (Lipinski definition) is 3. The highest BCUT2D eigenvalue weighted by molar-refractivity contribution is 5.91. The summed E-state index contributed by atoms with van der Waals surface area (Å²) in [6, 6.07) is 4.31. The maximum Gasteiger partial charge on any atom is 0.326 e. The van der Waals surface area contributed by atoms with Gasteiger partial charge in [-0.1, -0.05) is 12.1 Å². The zero-order chi connectivity index (χ0) is 15.6. The first kappa shape index (κ1) is 15.0. The molecule has 1 aliphatic heterocycles. The molecule has 7 heteroatoms. The summed E-state index contributed by atoms with van der Waals surface area (Å²) in [4.78, 5) is 35.6. The summed E-state index contributed by atoms with van der Waals surface area (Å²) in [5, 5.41) is 9.31. The fourth-order valence-corrected chi connectivity index (χ4v) is 2.40. The van der Waals surface area contributed by atoms with Crippen LogP contribution < -0.4 is 5.73 Å². The van der Waals surface area contributed by atoms with Crippen LogP contribution in [-0.4, -0.2) is 40.4 Å². The molecule has 0 spiro atoms. The van der Waals surface area contributed by atoms with E-state index < -0.39 is 35.6 Å². The summed E-state index contributed by atoms with van der Waals surface area (Å²) in [6.45, 7) is 0.00628. The molecule has 2 unspecified atom stereocenters. The Bertz CT molecular complexity index is 573. The van der Waals surface area contributed by atoms with Gasteiger partial charge in [-0.3, -0.25) is 9.59 Å². The van der Waals surface area contributed by atoms with E-state index in [-0.39, 0.29) is 19.4 Å². The van der Waals surface area contributed by atoms with Crippen LogP contribution >= 0.6 is 0 Å². The summed E-state index contributed by atoms with van der Waals surface area (Å²) in [5.74, 6) is -3.27. The van der Waals surface area contributed by atoms with Crippen LogP contribution in [0.1, 0.15) is 12.0 Å². The Morgan fingerprint density at radius 2 is 2.00 bits per heavy atom. The van der Waals surface area contributed by atoms with E-state index in [1.165, 1.54) is 24.3 Å². The van der Waals surface area contributed by atoms with Gasteiger partial charge >= 0.3 is 5.97 Å². The molecule has 1 aliphatic rings. The monoisotopic (exact) mass is 294 g/mol. The van der Waals surface area contributed by atoms with Crippen molar-refractivity contribution < 1.29 is 23.9 Å². The van der Waals surface area contributed by atoms with Gasteiger partial charge in [0.15, 0.2) is 0 Å². The molecule has 1 aromatic rings. The molecule has 1 fully saturated rings. The van der Waals surface area contributed by atoms with E-state index in [4.69, 9.17) is 5.73 Å². The van der Waals surface area contributed by atoms with Gasteiger partial charge in [-0.05, 0) is 17.7 Å². The number of nitrogens with zero attached hydrogens (tertiary/aromatic N) is 1. The second kappa shape index (κ2) is 5.90. The minimum absolute atomic E-state index is 0.00628. The summed E-state index contributed by atoms with van der Waals surface area (Å²) in [7, 11) is 0. The SMILES string of the molecule is NC(=O)C1CC(=O)N(C(Cc2ccc(F)cc2)C(=O)O)C1. The number of nitrogens with two attached hydrogens (primary N) is 1. The third-order valence-corrected chi connectivity index (χ3v) is 3.56. The molecule has 2 atom stereocenters. The van der Waals surface area contributed by atoms with Gasteiger partial charge < -0.3 is 15.7 Å². The molecule has 1 aromatic carbocycles. The minimum Gasteiger partial charge on any atom is -0.480 e. The van der Waals surface area contributed by atoms with Crippen LogP contribution in [0.5, 0.6) is 0 Å². The van der Waals surface area contributed by atoms with Crippen molar-refractivity contribution in [2.24, 2.45) is 11.7 Å². The molecule has 2 amide bonds. The molecule has 3 N–H and O–H groups in total. The van der Waals surface area contributed by atoms with E-state index in [2.05, 4.69) is 0 Å². The number of aliphatic carboxylic acids is 1.